The van der Waals surface area contributed by atoms with E-state index in [2.05, 4.69) is 59.8 Å². The van der Waals surface area contributed by atoms with Crippen molar-refractivity contribution in [3.63, 3.8) is 0 Å². The van der Waals surface area contributed by atoms with E-state index >= 15 is 0 Å². The number of aryl methyl sites for hydroxylation is 1. The summed E-state index contributed by atoms with van der Waals surface area (Å²) in [5.74, 6) is 1.38. The Morgan fingerprint density at radius 3 is 2.82 bits per heavy atom. The van der Waals surface area contributed by atoms with Crippen LogP contribution in [0.15, 0.2) is 24.3 Å². The van der Waals surface area contributed by atoms with Gasteiger partial charge in [-0.2, -0.15) is 5.10 Å². The molecule has 0 atom stereocenters. The fourth-order valence-electron chi connectivity index (χ4n) is 1.92. The molecular weight excluding hydrogens is 230 g/mol. The van der Waals surface area contributed by atoms with Crippen LogP contribution in [0.4, 0.5) is 0 Å². The standard InChI is InChI=1S/C13H17N3S/c1-9(2)12-14-15-13(17)16(12)8-11-6-4-5-10(3)7-11/h4-7,9H,8H2,1-3H3,(H,15,17). The summed E-state index contributed by atoms with van der Waals surface area (Å²) in [6.45, 7) is 7.13. The van der Waals surface area contributed by atoms with Crippen molar-refractivity contribution in [1.82, 2.24) is 14.8 Å². The van der Waals surface area contributed by atoms with Gasteiger partial charge in [-0.25, -0.2) is 0 Å². The largest absolute Gasteiger partial charge is 0.299 e. The molecule has 1 heterocycles. The first-order valence-electron chi connectivity index (χ1n) is 5.78. The van der Waals surface area contributed by atoms with E-state index in [1.165, 1.54) is 11.1 Å². The summed E-state index contributed by atoms with van der Waals surface area (Å²) in [6, 6.07) is 8.47. The summed E-state index contributed by atoms with van der Waals surface area (Å²) in [6.07, 6.45) is 0. The van der Waals surface area contributed by atoms with Crippen molar-refractivity contribution in [1.29, 1.82) is 0 Å². The van der Waals surface area contributed by atoms with Crippen LogP contribution in [0.5, 0.6) is 0 Å². The van der Waals surface area contributed by atoms with E-state index in [1.807, 2.05) is 0 Å². The predicted molar refractivity (Wildman–Crippen MR) is 71.8 cm³/mol. The Morgan fingerprint density at radius 1 is 1.41 bits per heavy atom. The van der Waals surface area contributed by atoms with Gasteiger partial charge in [-0.15, -0.1) is 0 Å². The monoisotopic (exact) mass is 247 g/mol. The van der Waals surface area contributed by atoms with Gasteiger partial charge in [0.15, 0.2) is 4.77 Å². The molecule has 2 rings (SSSR count). The molecule has 0 bridgehead atoms. The van der Waals surface area contributed by atoms with Gasteiger partial charge in [0.1, 0.15) is 5.82 Å². The van der Waals surface area contributed by atoms with Crippen molar-refractivity contribution in [2.24, 2.45) is 0 Å². The summed E-state index contributed by atoms with van der Waals surface area (Å²) >= 11 is 5.27. The molecule has 3 nitrogen and oxygen atoms in total. The minimum Gasteiger partial charge on any atom is -0.299 e. The van der Waals surface area contributed by atoms with E-state index in [0.29, 0.717) is 10.7 Å². The Hall–Kier alpha value is -1.42. The van der Waals surface area contributed by atoms with Crippen LogP contribution in [0.3, 0.4) is 0 Å². The molecule has 0 radical (unpaired) electrons. The number of benzene rings is 1. The molecule has 0 aliphatic carbocycles. The third-order valence-electron chi connectivity index (χ3n) is 2.73. The molecule has 2 aromatic rings. The normalized spacial score (nSPS) is 11.1. The maximum Gasteiger partial charge on any atom is 0.195 e. The molecule has 0 saturated carbocycles. The highest BCUT2D eigenvalue weighted by Gasteiger charge is 2.10. The molecular formula is C13H17N3S. The van der Waals surface area contributed by atoms with Crippen LogP contribution < -0.4 is 0 Å². The first-order chi connectivity index (χ1) is 8.08. The Labute approximate surface area is 106 Å². The van der Waals surface area contributed by atoms with Gasteiger partial charge in [-0.1, -0.05) is 43.7 Å². The number of aromatic amines is 1. The minimum absolute atomic E-state index is 0.368. The molecule has 0 spiro atoms. The minimum atomic E-state index is 0.368. The predicted octanol–water partition coefficient (Wildman–Crippen LogP) is 3.42. The highest BCUT2D eigenvalue weighted by molar-refractivity contribution is 7.71. The smallest absolute Gasteiger partial charge is 0.195 e. The molecule has 0 aliphatic rings. The molecule has 1 N–H and O–H groups in total. The second-order valence-electron chi connectivity index (χ2n) is 4.62. The van der Waals surface area contributed by atoms with Crippen molar-refractivity contribution >= 4 is 12.2 Å². The first-order valence-corrected chi connectivity index (χ1v) is 6.19. The number of nitrogens with one attached hydrogen (secondary N) is 1. The van der Waals surface area contributed by atoms with E-state index in [0.717, 1.165) is 12.4 Å². The molecule has 0 fully saturated rings. The van der Waals surface area contributed by atoms with Crippen LogP contribution in [-0.4, -0.2) is 14.8 Å². The second kappa shape index (κ2) is 4.84. The van der Waals surface area contributed by atoms with Crippen molar-refractivity contribution in [3.8, 4) is 0 Å². The van der Waals surface area contributed by atoms with Crippen molar-refractivity contribution in [2.75, 3.05) is 0 Å². The lowest BCUT2D eigenvalue weighted by Crippen LogP contribution is -2.07. The summed E-state index contributed by atoms with van der Waals surface area (Å²) in [5.41, 5.74) is 2.52. The lowest BCUT2D eigenvalue weighted by atomic mass is 10.1. The van der Waals surface area contributed by atoms with Gasteiger partial charge in [0, 0.05) is 5.92 Å². The van der Waals surface area contributed by atoms with Crippen molar-refractivity contribution < 1.29 is 0 Å². The van der Waals surface area contributed by atoms with Crippen LogP contribution >= 0.6 is 12.2 Å². The van der Waals surface area contributed by atoms with Gasteiger partial charge in [0.25, 0.3) is 0 Å². The Morgan fingerprint density at radius 2 is 2.18 bits per heavy atom. The average molecular weight is 247 g/mol. The fraction of sp³-hybridized carbons (Fsp3) is 0.385. The Bertz CT molecular complexity index is 566. The number of hydrogen-bond donors (Lipinski definition) is 1. The van der Waals surface area contributed by atoms with Crippen LogP contribution in [0.25, 0.3) is 0 Å². The summed E-state index contributed by atoms with van der Waals surface area (Å²) in [7, 11) is 0. The number of nitrogens with zero attached hydrogens (tertiary/aromatic N) is 2. The van der Waals surface area contributed by atoms with E-state index in [1.54, 1.807) is 0 Å². The molecule has 0 unspecified atom stereocenters. The summed E-state index contributed by atoms with van der Waals surface area (Å²) < 4.78 is 2.75. The van der Waals surface area contributed by atoms with Crippen LogP contribution in [0.1, 0.15) is 36.7 Å². The van der Waals surface area contributed by atoms with Crippen LogP contribution in [-0.2, 0) is 6.54 Å². The van der Waals surface area contributed by atoms with Gasteiger partial charge < -0.3 is 0 Å². The molecule has 17 heavy (non-hydrogen) atoms. The molecule has 1 aromatic carbocycles. The second-order valence-corrected chi connectivity index (χ2v) is 5.00. The zero-order valence-corrected chi connectivity index (χ0v) is 11.2. The van der Waals surface area contributed by atoms with Gasteiger partial charge in [0.2, 0.25) is 0 Å². The number of H-pyrrole nitrogens is 1. The van der Waals surface area contributed by atoms with E-state index in [9.17, 15) is 0 Å². The van der Waals surface area contributed by atoms with Crippen molar-refractivity contribution in [2.45, 2.75) is 33.2 Å². The molecule has 0 amide bonds. The molecule has 1 aromatic heterocycles. The fourth-order valence-corrected chi connectivity index (χ4v) is 2.12. The van der Waals surface area contributed by atoms with Gasteiger partial charge in [-0.05, 0) is 24.7 Å². The topological polar surface area (TPSA) is 33.6 Å². The summed E-state index contributed by atoms with van der Waals surface area (Å²) in [4.78, 5) is 0. The average Bonchev–Trinajstić information content (AvgIpc) is 2.61. The third-order valence-corrected chi connectivity index (χ3v) is 3.04. The zero-order chi connectivity index (χ0) is 12.4. The Balaban J connectivity index is 2.36. The van der Waals surface area contributed by atoms with E-state index < -0.39 is 0 Å². The molecule has 90 valence electrons. The zero-order valence-electron chi connectivity index (χ0n) is 10.4. The van der Waals surface area contributed by atoms with Gasteiger partial charge >= 0.3 is 0 Å². The Kier molecular flexibility index (Phi) is 3.43. The number of aromatic nitrogens is 3. The summed E-state index contributed by atoms with van der Waals surface area (Å²) in [5, 5.41) is 7.15. The molecule has 0 aliphatic heterocycles. The SMILES string of the molecule is Cc1cccc(Cn2c(C(C)C)n[nH]c2=S)c1. The quantitative estimate of drug-likeness (QED) is 0.843. The maximum absolute atomic E-state index is 5.27. The molecule has 4 heteroatoms. The lowest BCUT2D eigenvalue weighted by Gasteiger charge is -2.09. The number of rotatable bonds is 3. The molecule has 0 saturated heterocycles. The van der Waals surface area contributed by atoms with Gasteiger partial charge in [-0.3, -0.25) is 9.67 Å². The van der Waals surface area contributed by atoms with Crippen LogP contribution in [0, 0.1) is 11.7 Å². The highest BCUT2D eigenvalue weighted by atomic mass is 32.1. The first kappa shape index (κ1) is 12.0. The lowest BCUT2D eigenvalue weighted by molar-refractivity contribution is 0.664. The van der Waals surface area contributed by atoms with Gasteiger partial charge in [0.05, 0.1) is 6.54 Å². The van der Waals surface area contributed by atoms with E-state index in [-0.39, 0.29) is 0 Å². The van der Waals surface area contributed by atoms with Crippen LogP contribution in [0.2, 0.25) is 0 Å². The van der Waals surface area contributed by atoms with E-state index in [4.69, 9.17) is 12.2 Å². The number of hydrogen-bond acceptors (Lipinski definition) is 2. The highest BCUT2D eigenvalue weighted by Crippen LogP contribution is 2.14. The third kappa shape index (κ3) is 2.64. The maximum atomic E-state index is 5.27. The van der Waals surface area contributed by atoms with Crippen molar-refractivity contribution in [3.05, 3.63) is 46.0 Å².